The number of nitrogens with one attached hydrogen (secondary N) is 1. The molecule has 2 aromatic carbocycles. The Morgan fingerprint density at radius 2 is 1.56 bits per heavy atom. The number of anilines is 1. The van der Waals surface area contributed by atoms with Crippen LogP contribution in [-0.2, 0) is 30.5 Å². The monoisotopic (exact) mass is 451 g/mol. The van der Waals surface area contributed by atoms with E-state index < -0.39 is 6.04 Å². The molecule has 1 aromatic heterocycles. The number of carbonyl (C=O) groups is 2. The number of benzene rings is 2. The van der Waals surface area contributed by atoms with Crippen molar-refractivity contribution in [1.82, 2.24) is 10.3 Å². The average Bonchev–Trinajstić information content (AvgIpc) is 2.87. The van der Waals surface area contributed by atoms with Gasteiger partial charge in [-0.05, 0) is 60.1 Å². The number of rotatable bonds is 1. The fraction of sp³-hybridized carbons (Fsp3) is 0.207. The highest BCUT2D eigenvalue weighted by molar-refractivity contribution is 6.00. The first-order valence-corrected chi connectivity index (χ1v) is 11.5. The van der Waals surface area contributed by atoms with E-state index in [4.69, 9.17) is 0 Å². The number of aldehydes is 1. The molecule has 3 heterocycles. The Balaban J connectivity index is 1.64. The molecule has 5 rings (SSSR count). The number of pyridine rings is 1. The van der Waals surface area contributed by atoms with Crippen molar-refractivity contribution < 1.29 is 9.59 Å². The highest BCUT2D eigenvalue weighted by Gasteiger charge is 2.18. The van der Waals surface area contributed by atoms with Gasteiger partial charge in [-0.15, -0.1) is 0 Å². The number of amides is 1. The summed E-state index contributed by atoms with van der Waals surface area (Å²) in [6.07, 6.45) is 13.8. The van der Waals surface area contributed by atoms with Crippen molar-refractivity contribution in [2.24, 2.45) is 0 Å². The Morgan fingerprint density at radius 1 is 0.882 bits per heavy atom. The third-order valence-corrected chi connectivity index (χ3v) is 5.87. The van der Waals surface area contributed by atoms with Crippen LogP contribution in [-0.4, -0.2) is 30.3 Å². The lowest BCUT2D eigenvalue weighted by Gasteiger charge is -2.18. The summed E-state index contributed by atoms with van der Waals surface area (Å²) in [4.78, 5) is 31.0. The molecule has 0 saturated carbocycles. The average molecular weight is 452 g/mol. The number of hydrogen-bond donors (Lipinski definition) is 1. The minimum Gasteiger partial charge on any atom is -0.342 e. The normalized spacial score (nSPS) is 18.8. The Hall–Kier alpha value is -3.99. The van der Waals surface area contributed by atoms with E-state index in [9.17, 15) is 9.59 Å². The lowest BCUT2D eigenvalue weighted by atomic mass is 10.0. The van der Waals surface area contributed by atoms with E-state index in [0.29, 0.717) is 17.8 Å². The van der Waals surface area contributed by atoms with E-state index in [1.54, 1.807) is 18.3 Å². The van der Waals surface area contributed by atoms with Crippen LogP contribution in [0.25, 0.3) is 0 Å². The maximum Gasteiger partial charge on any atom is 0.255 e. The quantitative estimate of drug-likeness (QED) is 0.438. The third-order valence-electron chi connectivity index (χ3n) is 5.87. The van der Waals surface area contributed by atoms with Crippen LogP contribution in [0.4, 0.5) is 5.82 Å². The van der Waals surface area contributed by atoms with E-state index in [2.05, 4.69) is 64.9 Å². The topological polar surface area (TPSA) is 62.3 Å². The summed E-state index contributed by atoms with van der Waals surface area (Å²) in [6.45, 7) is 0. The molecule has 2 aliphatic rings. The summed E-state index contributed by atoms with van der Waals surface area (Å²) in [5.74, 6) is 0.218. The van der Waals surface area contributed by atoms with E-state index in [1.807, 2.05) is 30.3 Å². The largest absolute Gasteiger partial charge is 0.342 e. The van der Waals surface area contributed by atoms with Crippen molar-refractivity contribution >= 4 is 18.0 Å². The molecular weight excluding hydrogens is 422 g/mol. The van der Waals surface area contributed by atoms with Crippen molar-refractivity contribution in [2.45, 2.75) is 31.7 Å². The summed E-state index contributed by atoms with van der Waals surface area (Å²) >= 11 is 0. The Labute approximate surface area is 200 Å². The molecule has 0 fully saturated rings. The van der Waals surface area contributed by atoms with Gasteiger partial charge in [-0.3, -0.25) is 4.79 Å². The zero-order valence-electron chi connectivity index (χ0n) is 19.4. The Kier molecular flexibility index (Phi) is 7.66. The first kappa shape index (κ1) is 23.2. The minimum atomic E-state index is -0.618. The second-order valence-electron chi connectivity index (χ2n) is 8.51. The second-order valence-corrected chi connectivity index (χ2v) is 8.51. The number of allylic oxidation sites excluding steroid dienone is 3. The Bertz CT molecular complexity index is 1200. The van der Waals surface area contributed by atoms with Crippen LogP contribution in [0.2, 0.25) is 0 Å². The van der Waals surface area contributed by atoms with Crippen molar-refractivity contribution in [2.75, 3.05) is 11.9 Å². The summed E-state index contributed by atoms with van der Waals surface area (Å²) < 4.78 is 0. The molecule has 2 aliphatic heterocycles. The van der Waals surface area contributed by atoms with Gasteiger partial charge in [0.1, 0.15) is 12.1 Å². The summed E-state index contributed by atoms with van der Waals surface area (Å²) in [7, 11) is 1.87. The lowest BCUT2D eigenvalue weighted by Crippen LogP contribution is -2.38. The molecule has 1 amide bonds. The summed E-state index contributed by atoms with van der Waals surface area (Å²) in [6, 6.07) is 19.6. The fourth-order valence-electron chi connectivity index (χ4n) is 4.04. The predicted octanol–water partition coefficient (Wildman–Crippen LogP) is 4.47. The van der Waals surface area contributed by atoms with E-state index in [-0.39, 0.29) is 5.91 Å². The third kappa shape index (κ3) is 6.07. The smallest absolute Gasteiger partial charge is 0.255 e. The molecule has 5 nitrogen and oxygen atoms in total. The van der Waals surface area contributed by atoms with Gasteiger partial charge >= 0.3 is 0 Å². The van der Waals surface area contributed by atoms with Crippen LogP contribution in [0.3, 0.4) is 0 Å². The second kappa shape index (κ2) is 11.2. The molecule has 0 radical (unpaired) electrons. The number of carbonyl (C=O) groups excluding carboxylic acids is 2. The van der Waals surface area contributed by atoms with E-state index in [1.165, 1.54) is 16.7 Å². The highest BCUT2D eigenvalue weighted by Crippen LogP contribution is 2.17. The summed E-state index contributed by atoms with van der Waals surface area (Å²) in [5, 5.41) is 2.86. The van der Waals surface area contributed by atoms with Gasteiger partial charge in [0.15, 0.2) is 0 Å². The lowest BCUT2D eigenvalue weighted by molar-refractivity contribution is -0.109. The summed E-state index contributed by atoms with van der Waals surface area (Å²) in [5.41, 5.74) is 5.14. The van der Waals surface area contributed by atoms with Crippen LogP contribution in [0.5, 0.6) is 0 Å². The molecule has 34 heavy (non-hydrogen) atoms. The zero-order valence-corrected chi connectivity index (χ0v) is 19.4. The maximum atomic E-state index is 13.0. The standard InChI is InChI=1S/C29H29N3O2/c1-32-18-6-11-24-10-4-9-23(19-24)8-3-2-7-22-13-15-25(16-14-22)20-26(21-33)31-29(34)27-12-5-17-30-28(27)32/h2-6,9-10,12-19,21,26H,7-8,11,20H2,1H3,(H,31,34)/b3-2-,18-6-. The molecule has 0 aliphatic carbocycles. The first-order chi connectivity index (χ1) is 16.6. The molecule has 5 heteroatoms. The molecule has 0 saturated heterocycles. The van der Waals surface area contributed by atoms with Gasteiger partial charge in [-0.25, -0.2) is 4.98 Å². The van der Waals surface area contributed by atoms with Gasteiger partial charge < -0.3 is 15.0 Å². The number of aromatic nitrogens is 1. The van der Waals surface area contributed by atoms with Crippen molar-refractivity contribution in [3.63, 3.8) is 0 Å². The van der Waals surface area contributed by atoms with Crippen LogP contribution in [0, 0.1) is 0 Å². The number of nitrogens with zero attached hydrogens (tertiary/aromatic N) is 2. The zero-order chi connectivity index (χ0) is 23.8. The van der Waals surface area contributed by atoms with E-state index in [0.717, 1.165) is 31.1 Å². The number of hydrogen-bond acceptors (Lipinski definition) is 4. The first-order valence-electron chi connectivity index (χ1n) is 11.5. The van der Waals surface area contributed by atoms with Crippen molar-refractivity contribution in [3.05, 3.63) is 119 Å². The molecule has 172 valence electrons. The Morgan fingerprint density at radius 3 is 2.29 bits per heavy atom. The highest BCUT2D eigenvalue weighted by atomic mass is 16.2. The molecule has 3 aromatic rings. The van der Waals surface area contributed by atoms with Crippen LogP contribution >= 0.6 is 0 Å². The van der Waals surface area contributed by atoms with Gasteiger partial charge in [0, 0.05) is 19.4 Å². The molecule has 1 atom stereocenters. The van der Waals surface area contributed by atoms with Crippen molar-refractivity contribution in [1.29, 1.82) is 0 Å². The van der Waals surface area contributed by atoms with Gasteiger partial charge in [0.05, 0.1) is 11.6 Å². The van der Waals surface area contributed by atoms with Crippen LogP contribution < -0.4 is 10.2 Å². The van der Waals surface area contributed by atoms with Crippen molar-refractivity contribution in [3.8, 4) is 0 Å². The van der Waals surface area contributed by atoms with Gasteiger partial charge in [0.25, 0.3) is 5.91 Å². The SMILES string of the molecule is CN1/C=C\Cc2cccc(c2)C/C=C\Cc2ccc(cc2)CC(C=O)NC(=O)c2cccnc21. The van der Waals surface area contributed by atoms with Gasteiger partial charge in [0.2, 0.25) is 0 Å². The number of fused-ring (bicyclic) bond motifs is 9. The van der Waals surface area contributed by atoms with Gasteiger partial charge in [-0.2, -0.15) is 0 Å². The fourth-order valence-corrected chi connectivity index (χ4v) is 4.04. The molecule has 1 N–H and O–H groups in total. The molecular formula is C29H29N3O2. The molecule has 0 spiro atoms. The van der Waals surface area contributed by atoms with E-state index >= 15 is 0 Å². The molecule has 4 bridgehead atoms. The predicted molar refractivity (Wildman–Crippen MR) is 136 cm³/mol. The van der Waals surface area contributed by atoms with Gasteiger partial charge in [-0.1, -0.05) is 66.8 Å². The maximum absolute atomic E-state index is 13.0. The van der Waals surface area contributed by atoms with Crippen LogP contribution in [0.1, 0.15) is 32.6 Å². The van der Waals surface area contributed by atoms with Crippen LogP contribution in [0.15, 0.2) is 91.3 Å². The minimum absolute atomic E-state index is 0.319. The molecule has 1 unspecified atom stereocenters.